The van der Waals surface area contributed by atoms with Crippen molar-refractivity contribution in [2.45, 2.75) is 59.1 Å². The average molecular weight is 428 g/mol. The number of piperidine rings is 1. The molecule has 0 aliphatic carbocycles. The zero-order chi connectivity index (χ0) is 22.6. The molecule has 0 bridgehead atoms. The van der Waals surface area contributed by atoms with Gasteiger partial charge in [-0.1, -0.05) is 0 Å². The highest BCUT2D eigenvalue weighted by atomic mass is 16.6. The van der Waals surface area contributed by atoms with Gasteiger partial charge in [0.05, 0.1) is 5.69 Å². The molecule has 1 aromatic heterocycles. The Labute approximate surface area is 184 Å². The molecular weight excluding hydrogens is 394 g/mol. The van der Waals surface area contributed by atoms with Crippen LogP contribution in [0.3, 0.4) is 0 Å². The smallest absolute Gasteiger partial charge is 0.410 e. The van der Waals surface area contributed by atoms with Crippen LogP contribution in [-0.2, 0) is 4.74 Å². The lowest BCUT2D eigenvalue weighted by Gasteiger charge is -2.37. The van der Waals surface area contributed by atoms with Crippen molar-refractivity contribution in [2.75, 3.05) is 19.6 Å². The van der Waals surface area contributed by atoms with Gasteiger partial charge in [-0.05, 0) is 77.6 Å². The Balaban J connectivity index is 1.63. The van der Waals surface area contributed by atoms with Crippen molar-refractivity contribution in [2.24, 2.45) is 5.92 Å². The van der Waals surface area contributed by atoms with Crippen molar-refractivity contribution in [1.29, 1.82) is 0 Å². The van der Waals surface area contributed by atoms with E-state index < -0.39 is 5.60 Å². The Morgan fingerprint density at radius 2 is 1.94 bits per heavy atom. The van der Waals surface area contributed by atoms with E-state index >= 15 is 0 Å². The van der Waals surface area contributed by atoms with Crippen LogP contribution in [0.25, 0.3) is 5.69 Å². The van der Waals surface area contributed by atoms with Crippen LogP contribution in [0.4, 0.5) is 4.79 Å². The van der Waals surface area contributed by atoms with E-state index in [4.69, 9.17) is 4.74 Å². The van der Waals surface area contributed by atoms with Crippen molar-refractivity contribution in [3.63, 3.8) is 0 Å². The molecule has 3 rings (SSSR count). The van der Waals surface area contributed by atoms with Gasteiger partial charge >= 0.3 is 6.09 Å². The van der Waals surface area contributed by atoms with Gasteiger partial charge in [0.2, 0.25) is 0 Å². The highest BCUT2D eigenvalue weighted by molar-refractivity contribution is 5.94. The molecule has 1 fully saturated rings. The highest BCUT2D eigenvalue weighted by Crippen LogP contribution is 2.22. The summed E-state index contributed by atoms with van der Waals surface area (Å²) < 4.78 is 7.24. The number of likely N-dealkylation sites (tertiary alicyclic amines) is 1. The van der Waals surface area contributed by atoms with Gasteiger partial charge in [0.25, 0.3) is 5.91 Å². The first kappa shape index (κ1) is 22.8. The van der Waals surface area contributed by atoms with Crippen LogP contribution in [0.5, 0.6) is 0 Å². The Morgan fingerprint density at radius 3 is 2.52 bits per heavy atom. The molecule has 0 spiro atoms. The lowest BCUT2D eigenvalue weighted by Crippen LogP contribution is -2.48. The molecule has 2 aromatic rings. The molecule has 1 atom stereocenters. The number of hydrogen-bond acceptors (Lipinski definition) is 5. The highest BCUT2D eigenvalue weighted by Gasteiger charge is 2.30. The van der Waals surface area contributed by atoms with E-state index in [2.05, 4.69) is 10.1 Å². The summed E-state index contributed by atoms with van der Waals surface area (Å²) in [4.78, 5) is 33.3. The molecule has 0 saturated carbocycles. The summed E-state index contributed by atoms with van der Waals surface area (Å²) in [6.07, 6.45) is 4.71. The van der Waals surface area contributed by atoms with Crippen molar-refractivity contribution in [1.82, 2.24) is 24.6 Å². The predicted octanol–water partition coefficient (Wildman–Crippen LogP) is 3.77. The van der Waals surface area contributed by atoms with Crippen molar-refractivity contribution >= 4 is 12.0 Å². The molecule has 1 unspecified atom stereocenters. The third kappa shape index (κ3) is 6.06. The molecule has 8 heteroatoms. The standard InChI is InChI=1S/C23H33N5O3/c1-17(2)27(22(30)31-23(3,4)5)14-18-7-6-12-26(13-18)21(29)19-8-10-20(11-9-19)28-16-24-15-25-28/h8-11,15-18H,6-7,12-14H2,1-5H3. The number of hydrogen-bond donors (Lipinski definition) is 0. The van der Waals surface area contributed by atoms with E-state index in [0.29, 0.717) is 18.7 Å². The van der Waals surface area contributed by atoms with Gasteiger partial charge in [-0.2, -0.15) is 5.10 Å². The maximum atomic E-state index is 13.1. The van der Waals surface area contributed by atoms with E-state index in [1.807, 2.05) is 63.8 Å². The number of amides is 2. The van der Waals surface area contributed by atoms with E-state index in [9.17, 15) is 9.59 Å². The summed E-state index contributed by atoms with van der Waals surface area (Å²) in [6, 6.07) is 7.41. The Kier molecular flexibility index (Phi) is 6.97. The monoisotopic (exact) mass is 427 g/mol. The minimum absolute atomic E-state index is 0.0169. The summed E-state index contributed by atoms with van der Waals surface area (Å²) >= 11 is 0. The second-order valence-corrected chi connectivity index (χ2v) is 9.37. The molecule has 1 aromatic carbocycles. The molecule has 0 N–H and O–H groups in total. The van der Waals surface area contributed by atoms with Gasteiger partial charge in [0.15, 0.2) is 0 Å². The van der Waals surface area contributed by atoms with E-state index in [0.717, 1.165) is 25.1 Å². The number of aromatic nitrogens is 3. The summed E-state index contributed by atoms with van der Waals surface area (Å²) in [5, 5.41) is 4.11. The summed E-state index contributed by atoms with van der Waals surface area (Å²) in [5.41, 5.74) is 0.977. The zero-order valence-electron chi connectivity index (χ0n) is 19.1. The van der Waals surface area contributed by atoms with Gasteiger partial charge in [-0.25, -0.2) is 14.5 Å². The molecule has 8 nitrogen and oxygen atoms in total. The van der Waals surface area contributed by atoms with Crippen LogP contribution in [0.2, 0.25) is 0 Å². The molecule has 168 valence electrons. The van der Waals surface area contributed by atoms with E-state index in [1.165, 1.54) is 6.33 Å². The molecule has 1 saturated heterocycles. The van der Waals surface area contributed by atoms with Gasteiger partial charge in [-0.3, -0.25) is 4.79 Å². The summed E-state index contributed by atoms with van der Waals surface area (Å²) in [5.74, 6) is 0.241. The summed E-state index contributed by atoms with van der Waals surface area (Å²) in [7, 11) is 0. The average Bonchev–Trinajstić information content (AvgIpc) is 3.25. The van der Waals surface area contributed by atoms with E-state index in [-0.39, 0.29) is 24.0 Å². The first-order chi connectivity index (χ1) is 14.6. The van der Waals surface area contributed by atoms with Gasteiger partial charge in [-0.15, -0.1) is 0 Å². The third-order valence-corrected chi connectivity index (χ3v) is 5.31. The second kappa shape index (κ2) is 9.49. The molecule has 2 heterocycles. The van der Waals surface area contributed by atoms with Gasteiger partial charge < -0.3 is 14.5 Å². The molecule has 1 aliphatic heterocycles. The second-order valence-electron chi connectivity index (χ2n) is 9.37. The van der Waals surface area contributed by atoms with Crippen LogP contribution in [0.1, 0.15) is 57.8 Å². The van der Waals surface area contributed by atoms with Gasteiger partial charge in [0, 0.05) is 31.2 Å². The lowest BCUT2D eigenvalue weighted by atomic mass is 9.96. The van der Waals surface area contributed by atoms with Crippen LogP contribution < -0.4 is 0 Å². The topological polar surface area (TPSA) is 80.6 Å². The molecule has 2 amide bonds. The Hall–Kier alpha value is -2.90. The molecular formula is C23H33N5O3. The van der Waals surface area contributed by atoms with Crippen LogP contribution in [0, 0.1) is 5.92 Å². The van der Waals surface area contributed by atoms with Gasteiger partial charge in [0.1, 0.15) is 18.3 Å². The summed E-state index contributed by atoms with van der Waals surface area (Å²) in [6.45, 7) is 11.6. The SMILES string of the molecule is CC(C)N(CC1CCCN(C(=O)c2ccc(-n3cncn3)cc2)C1)C(=O)OC(C)(C)C. The largest absolute Gasteiger partial charge is 0.444 e. The minimum atomic E-state index is -0.531. The fourth-order valence-corrected chi connectivity index (χ4v) is 3.77. The van der Waals surface area contributed by atoms with Crippen molar-refractivity contribution in [3.05, 3.63) is 42.5 Å². The maximum absolute atomic E-state index is 13.1. The number of ether oxygens (including phenoxy) is 1. The number of nitrogens with zero attached hydrogens (tertiary/aromatic N) is 5. The number of benzene rings is 1. The molecule has 1 aliphatic rings. The van der Waals surface area contributed by atoms with Crippen LogP contribution in [0.15, 0.2) is 36.9 Å². The third-order valence-electron chi connectivity index (χ3n) is 5.31. The van der Waals surface area contributed by atoms with Crippen molar-refractivity contribution in [3.8, 4) is 5.69 Å². The van der Waals surface area contributed by atoms with Crippen molar-refractivity contribution < 1.29 is 14.3 Å². The fourth-order valence-electron chi connectivity index (χ4n) is 3.77. The number of rotatable bonds is 5. The molecule has 0 radical (unpaired) electrons. The Bertz CT molecular complexity index is 872. The lowest BCUT2D eigenvalue weighted by molar-refractivity contribution is 0.0124. The van der Waals surface area contributed by atoms with Crippen LogP contribution >= 0.6 is 0 Å². The number of carbonyl (C=O) groups excluding carboxylic acids is 2. The first-order valence-electron chi connectivity index (χ1n) is 10.9. The minimum Gasteiger partial charge on any atom is -0.444 e. The Morgan fingerprint density at radius 1 is 1.23 bits per heavy atom. The quantitative estimate of drug-likeness (QED) is 0.726. The fraction of sp³-hybridized carbons (Fsp3) is 0.565. The van der Waals surface area contributed by atoms with E-state index in [1.54, 1.807) is 15.9 Å². The maximum Gasteiger partial charge on any atom is 0.410 e. The normalized spacial score (nSPS) is 17.0. The first-order valence-corrected chi connectivity index (χ1v) is 10.9. The number of carbonyl (C=O) groups is 2. The zero-order valence-corrected chi connectivity index (χ0v) is 19.1. The predicted molar refractivity (Wildman–Crippen MR) is 118 cm³/mol. The van der Waals surface area contributed by atoms with Crippen LogP contribution in [-0.4, -0.2) is 67.8 Å². The molecule has 31 heavy (non-hydrogen) atoms.